The van der Waals surface area contributed by atoms with Crippen LogP contribution in [0.1, 0.15) is 149 Å². The molecule has 0 spiro atoms. The molecule has 6 aliphatic heterocycles. The number of aryl methyl sites for hydroxylation is 4. The SMILES string of the molecule is C=CCn1cc(C2OC(CCP(=C)(C)C)[C@@H](O)[C@H]2O)c(=O)[nH]c1=O.C=Cn1cc(C2OC(CCP(=C)(C)C)[C@@H](O)[C@H]2O)c(=O)[nH]c1=O.C=P(C)(C)CCC1OC(c2cn(C)c(=O)n(C)c2=O)[C@H](O)[C@@H]1O.C=P(C)(C)CCC1OC(c2cn(CC)c(=O)[nH]c2=O)[C@H](O)[C@@H]1O.C=P(C)(C)CCC1OC(c2cn(CCC)c(=O)[nH]c2=O)[C@H](O)[C@@H]1O.C=P(C)(C)CCC1OC(c2cn(CCCC)c(=O)[nH]c2=O)[C@H](O)[C@@H]1O. The normalized spacial score (nSPS) is 27.7. The molecule has 0 amide bonds. The Morgan fingerprint density at radius 3 is 0.810 bits per heavy atom. The lowest BCUT2D eigenvalue weighted by Gasteiger charge is -2.18. The topological polar surface area (TPSA) is 616 Å². The Kier molecular flexibility index (Phi) is 44.1. The average molecular weight is 2120 g/mol. The van der Waals surface area contributed by atoms with Crippen molar-refractivity contribution in [1.82, 2.24) is 56.9 Å². The van der Waals surface area contributed by atoms with Gasteiger partial charge in [0.25, 0.3) is 33.4 Å². The zero-order valence-corrected chi connectivity index (χ0v) is 90.0. The molecule has 6 aliphatic rings. The molecule has 0 saturated carbocycles. The predicted molar refractivity (Wildman–Crippen MR) is 571 cm³/mol. The lowest BCUT2D eigenvalue weighted by Crippen LogP contribution is -2.40. The second-order valence-corrected chi connectivity index (χ2v) is 67.2. The summed E-state index contributed by atoms with van der Waals surface area (Å²) >= 11 is 0. The van der Waals surface area contributed by atoms with Crippen LogP contribution in [0.5, 0.6) is 0 Å². The molecule has 6 saturated heterocycles. The summed E-state index contributed by atoms with van der Waals surface area (Å²) in [4.78, 5) is 154. The van der Waals surface area contributed by atoms with Gasteiger partial charge in [0, 0.05) is 83.7 Å². The maximum Gasteiger partial charge on any atom is 0.332 e. The molecule has 142 heavy (non-hydrogen) atoms. The Labute approximate surface area is 824 Å². The molecule has 6 aromatic rings. The van der Waals surface area contributed by atoms with E-state index in [2.05, 4.69) is 156 Å². The van der Waals surface area contributed by atoms with E-state index >= 15 is 0 Å². The quantitative estimate of drug-likeness (QED) is 0.0188. The van der Waals surface area contributed by atoms with Gasteiger partial charge >= 0.3 is 34.1 Å². The van der Waals surface area contributed by atoms with Gasteiger partial charge in [-0.1, -0.05) is 32.9 Å². The van der Waals surface area contributed by atoms with Crippen molar-refractivity contribution in [3.05, 3.63) is 215 Å². The highest BCUT2D eigenvalue weighted by atomic mass is 31.2. The number of unbranched alkanes of at least 4 members (excludes halogenated alkanes) is 1. The van der Waals surface area contributed by atoms with Crippen molar-refractivity contribution >= 4 is 85.3 Å². The third-order valence-corrected chi connectivity index (χ3v) is 33.6. The third-order valence-electron chi connectivity index (χ3n) is 24.8. The Morgan fingerprint density at radius 2 is 0.556 bits per heavy atom. The van der Waals surface area contributed by atoms with Crippen molar-refractivity contribution in [3.8, 4) is 0 Å². The minimum Gasteiger partial charge on any atom is -0.388 e. The molecular formula is C94H154N12O30P6. The molecule has 0 radical (unpaired) electrons. The van der Waals surface area contributed by atoms with Crippen molar-refractivity contribution in [2.75, 3.05) is 117 Å². The van der Waals surface area contributed by atoms with Crippen LogP contribution in [0.4, 0.5) is 0 Å². The van der Waals surface area contributed by atoms with Gasteiger partial charge in [-0.05, 0) is 175 Å². The number of aliphatic hydroxyl groups excluding tert-OH is 12. The first-order valence-corrected chi connectivity index (χ1v) is 65.4. The Bertz CT molecular complexity index is 6430. The van der Waals surface area contributed by atoms with Gasteiger partial charge in [0.05, 0.1) is 70.0 Å². The standard InChI is InChI=1S/C17H29N2O5P.C16H27N2O5P.C16H25N2O5P.2C15H25N2O5P.C15H23N2O5P/c1-5-6-8-19-10-11(16(22)18-17(19)23)15-14(21)13(20)12(24-15)7-9-25(2,3)4;2*1-5-7-18-9-10(15(21)17-16(18)22)14-13(20)12(19)11(23-14)6-8-24(2,3)4;1-16-8-9(14(20)17(2)15(16)21)13-12(19)11(18)10(22-13)6-7-23(3,4)5;2*1-5-17-8-9(14(20)16-15(17)21)13-12(19)11(18)10(22-13)6-7-23(2,3)4/h10,12-15,20-21H,2,5-9H2,1,3-4H3,(H,18,22,23);9,11-14,19-20H,2,5-8H2,1,3-4H3,(H,17,21,22);5,9,11-14,19-20H,1-2,6-8H2,3-4H3,(H,17,21,22);8,10-13,18-19H,3,6-7H2,1-2,4-5H3;8,10-13,18-19H,2,5-7H2,1,3-4H3,(H,16,20,21);5,8,10-13,18-19H,1-2,6-7H2,3-4H3,(H,16,20,21)/t12?,13-,14-,15?;2*11?,12-,13-,14?;3*10?,11-,12-,13?/m111111/s1. The molecule has 24 atom stereocenters. The van der Waals surface area contributed by atoms with E-state index in [-0.39, 0.29) is 39.9 Å². The average Bonchev–Trinajstić information content (AvgIpc) is 1.59. The number of nitrogens with zero attached hydrogens (tertiary/aromatic N) is 7. The van der Waals surface area contributed by atoms with Gasteiger partial charge in [-0.15, -0.1) is 85.7 Å². The van der Waals surface area contributed by atoms with E-state index in [1.165, 1.54) is 86.4 Å². The number of H-pyrrole nitrogens is 5. The van der Waals surface area contributed by atoms with Crippen LogP contribution in [-0.2, 0) is 68.7 Å². The number of allylic oxidation sites excluding steroid dienone is 1. The summed E-state index contributed by atoms with van der Waals surface area (Å²) in [5, 5.41) is 123. The van der Waals surface area contributed by atoms with Gasteiger partial charge in [0.1, 0.15) is 110 Å². The predicted octanol–water partition coefficient (Wildman–Crippen LogP) is -0.151. The van der Waals surface area contributed by atoms with Gasteiger partial charge in [0.2, 0.25) is 0 Å². The van der Waals surface area contributed by atoms with Gasteiger partial charge in [-0.3, -0.25) is 67.4 Å². The summed E-state index contributed by atoms with van der Waals surface area (Å²) in [7, 11) is 2.90. The molecule has 12 rings (SSSR count). The first-order valence-electron chi connectivity index (χ1n) is 47.1. The molecule has 0 aliphatic carbocycles. The second kappa shape index (κ2) is 51.5. The summed E-state index contributed by atoms with van der Waals surface area (Å²) in [5.41, 5.74) is -5.78. The largest absolute Gasteiger partial charge is 0.388 e. The number of aromatic nitrogens is 12. The Hall–Kier alpha value is -7.36. The molecule has 6 fully saturated rings. The number of rotatable bonds is 33. The van der Waals surface area contributed by atoms with E-state index in [1.54, 1.807) is 6.92 Å². The van der Waals surface area contributed by atoms with E-state index < -0.39 is 255 Å². The van der Waals surface area contributed by atoms with Crippen LogP contribution in [0.15, 0.2) is 114 Å². The lowest BCUT2D eigenvalue weighted by atomic mass is 10.0. The Balaban J connectivity index is 0.000000231. The molecule has 12 unspecified atom stereocenters. The lowest BCUT2D eigenvalue weighted by molar-refractivity contribution is 0.00476. The van der Waals surface area contributed by atoms with Gasteiger partial charge in [-0.2, -0.15) is 0 Å². The van der Waals surface area contributed by atoms with Crippen LogP contribution in [0.3, 0.4) is 0 Å². The van der Waals surface area contributed by atoms with E-state index in [1.807, 2.05) is 13.8 Å². The highest BCUT2D eigenvalue weighted by molar-refractivity contribution is 7.73. The molecule has 0 bridgehead atoms. The first kappa shape index (κ1) is 122. The monoisotopic (exact) mass is 2120 g/mol. The maximum absolute atomic E-state index is 12.3. The van der Waals surface area contributed by atoms with Crippen molar-refractivity contribution in [2.24, 2.45) is 14.1 Å². The number of hydrogen-bond acceptors (Lipinski definition) is 30. The highest BCUT2D eigenvalue weighted by Gasteiger charge is 2.51. The summed E-state index contributed by atoms with van der Waals surface area (Å²) < 4.78 is 43.3. The molecule has 17 N–H and O–H groups in total. The molecule has 800 valence electrons. The van der Waals surface area contributed by atoms with Crippen molar-refractivity contribution < 1.29 is 89.7 Å². The number of hydrogen-bond donors (Lipinski definition) is 17. The fourth-order valence-corrected chi connectivity index (χ4v) is 22.2. The summed E-state index contributed by atoms with van der Waals surface area (Å²) in [5.74, 6) is 0. The van der Waals surface area contributed by atoms with Crippen LogP contribution >= 0.6 is 41.3 Å². The highest BCUT2D eigenvalue weighted by Crippen LogP contribution is 2.47. The molecular weight excluding hydrogens is 1960 g/mol. The molecule has 48 heteroatoms. The number of aliphatic hydroxyl groups is 12. The van der Waals surface area contributed by atoms with E-state index in [4.69, 9.17) is 28.4 Å². The summed E-state index contributed by atoms with van der Waals surface area (Å²) in [6, 6.07) is 0. The van der Waals surface area contributed by atoms with Crippen LogP contribution in [-0.4, -0.2) is 383 Å². The smallest absolute Gasteiger partial charge is 0.332 e. The zero-order valence-electron chi connectivity index (χ0n) is 84.6. The van der Waals surface area contributed by atoms with Crippen molar-refractivity contribution in [2.45, 2.75) is 251 Å². The summed E-state index contributed by atoms with van der Waals surface area (Å²) in [6.07, 6.45) is 23.8. The maximum atomic E-state index is 12.3. The number of ether oxygens (including phenoxy) is 6. The molecule has 12 heterocycles. The zero-order chi connectivity index (χ0) is 107. The summed E-state index contributed by atoms with van der Waals surface area (Å²) in [6.45, 7) is 31.6. The number of nitrogens with one attached hydrogen (secondary N) is 5. The fourth-order valence-electron chi connectivity index (χ4n) is 16.5. The minimum atomic E-state index is -1.29. The minimum absolute atomic E-state index is 0.0854. The molecule has 0 aromatic carbocycles. The van der Waals surface area contributed by atoms with Crippen LogP contribution in [0.2, 0.25) is 0 Å². The molecule has 6 aromatic heterocycles. The van der Waals surface area contributed by atoms with Gasteiger partial charge < -0.3 is 108 Å². The fraction of sp³-hybridized carbons (Fsp3) is 0.638. The van der Waals surface area contributed by atoms with Gasteiger partial charge in [0.15, 0.2) is 0 Å². The van der Waals surface area contributed by atoms with Crippen LogP contribution in [0.25, 0.3) is 6.20 Å². The van der Waals surface area contributed by atoms with Crippen molar-refractivity contribution in [1.29, 1.82) is 0 Å². The van der Waals surface area contributed by atoms with E-state index in [0.29, 0.717) is 58.2 Å². The number of aromatic amines is 5. The van der Waals surface area contributed by atoms with Crippen LogP contribution in [0, 0.1) is 0 Å². The van der Waals surface area contributed by atoms with Crippen LogP contribution < -0.4 is 67.5 Å². The first-order chi connectivity index (χ1) is 65.7. The molecule has 42 nitrogen and oxygen atoms in total. The Morgan fingerprint density at radius 1 is 0.317 bits per heavy atom. The van der Waals surface area contributed by atoms with E-state index in [0.717, 1.165) is 65.4 Å². The van der Waals surface area contributed by atoms with Crippen molar-refractivity contribution in [3.63, 3.8) is 0 Å². The third kappa shape index (κ3) is 33.3. The van der Waals surface area contributed by atoms with E-state index in [9.17, 15) is 119 Å². The van der Waals surface area contributed by atoms with Gasteiger partial charge in [-0.25, -0.2) is 28.8 Å². The second-order valence-electron chi connectivity index (χ2n) is 41.3.